The van der Waals surface area contributed by atoms with Crippen LogP contribution >= 0.6 is 0 Å². The summed E-state index contributed by atoms with van der Waals surface area (Å²) in [5, 5.41) is 22.0. The van der Waals surface area contributed by atoms with E-state index in [1.807, 2.05) is 6.07 Å². The number of nitrogens with zero attached hydrogens (tertiary/aromatic N) is 3. The predicted octanol–water partition coefficient (Wildman–Crippen LogP) is 0.167. The van der Waals surface area contributed by atoms with Crippen LogP contribution in [-0.2, 0) is 0 Å². The number of rotatable bonds is 2. The summed E-state index contributed by atoms with van der Waals surface area (Å²) in [5.74, 6) is -0.273. The van der Waals surface area contributed by atoms with Crippen molar-refractivity contribution in [3.8, 4) is 6.07 Å². The van der Waals surface area contributed by atoms with Gasteiger partial charge in [-0.25, -0.2) is 4.98 Å². The minimum Gasteiger partial charge on any atom is -0.619 e. The smallest absolute Gasteiger partial charge is 0.257 e. The van der Waals surface area contributed by atoms with E-state index in [0.29, 0.717) is 10.3 Å². The zero-order chi connectivity index (χ0) is 12.3. The summed E-state index contributed by atoms with van der Waals surface area (Å²) in [6.07, 6.45) is 3.74. The molecule has 7 nitrogen and oxygen atoms in total. The molecule has 2 aromatic heterocycles. The number of hydrogen-bond donors (Lipinski definition) is 2. The van der Waals surface area contributed by atoms with Gasteiger partial charge in [0.1, 0.15) is 6.07 Å². The highest BCUT2D eigenvalue weighted by molar-refractivity contribution is 6.04. The van der Waals surface area contributed by atoms with Gasteiger partial charge in [0, 0.05) is 12.1 Å². The van der Waals surface area contributed by atoms with E-state index >= 15 is 0 Å². The molecular weight excluding hydrogens is 222 g/mol. The number of aromatic amines is 1. The number of imidazole rings is 1. The maximum Gasteiger partial charge on any atom is 0.257 e. The molecule has 0 unspecified atom stereocenters. The van der Waals surface area contributed by atoms with Crippen molar-refractivity contribution in [1.82, 2.24) is 9.97 Å². The van der Waals surface area contributed by atoms with Crippen molar-refractivity contribution in [2.45, 2.75) is 0 Å². The molecule has 0 aliphatic heterocycles. The van der Waals surface area contributed by atoms with E-state index in [4.69, 9.17) is 5.26 Å². The SMILES string of the molecule is N#Cc1[nH]cnc1NC(=O)c1cc[n+]([O-])cc1. The highest BCUT2D eigenvalue weighted by Crippen LogP contribution is 2.09. The van der Waals surface area contributed by atoms with Crippen molar-refractivity contribution in [3.63, 3.8) is 0 Å². The Morgan fingerprint density at radius 1 is 1.53 bits per heavy atom. The number of nitriles is 1. The number of nitrogens with one attached hydrogen (secondary N) is 2. The number of amides is 1. The summed E-state index contributed by atoms with van der Waals surface area (Å²) < 4.78 is 0.575. The fourth-order valence-corrected chi connectivity index (χ4v) is 1.22. The molecule has 84 valence electrons. The minimum atomic E-state index is -0.436. The van der Waals surface area contributed by atoms with E-state index < -0.39 is 5.91 Å². The molecule has 0 saturated heterocycles. The predicted molar refractivity (Wildman–Crippen MR) is 56.7 cm³/mol. The van der Waals surface area contributed by atoms with Crippen LogP contribution < -0.4 is 10.0 Å². The van der Waals surface area contributed by atoms with Gasteiger partial charge in [-0.1, -0.05) is 0 Å². The molecule has 0 radical (unpaired) electrons. The molecule has 2 aromatic rings. The second kappa shape index (κ2) is 4.32. The molecule has 0 fully saturated rings. The fraction of sp³-hybridized carbons (Fsp3) is 0. The lowest BCUT2D eigenvalue weighted by atomic mass is 10.2. The molecule has 0 atom stereocenters. The third-order valence-electron chi connectivity index (χ3n) is 2.05. The Bertz CT molecular complexity index is 581. The van der Waals surface area contributed by atoms with Crippen LogP contribution in [0.1, 0.15) is 16.1 Å². The lowest BCUT2D eigenvalue weighted by Crippen LogP contribution is -2.25. The number of aromatic nitrogens is 3. The third kappa shape index (κ3) is 2.21. The van der Waals surface area contributed by atoms with Crippen LogP contribution in [0, 0.1) is 16.5 Å². The molecule has 2 heterocycles. The summed E-state index contributed by atoms with van der Waals surface area (Å²) >= 11 is 0. The van der Waals surface area contributed by atoms with E-state index in [-0.39, 0.29) is 11.5 Å². The molecule has 7 heteroatoms. The molecule has 0 saturated carbocycles. The average molecular weight is 229 g/mol. The standard InChI is InChI=1S/C10H7N5O2/c11-5-8-9(13-6-12-8)14-10(16)7-1-3-15(17)4-2-7/h1-4,6H,(H,12,13)(H,14,16). The largest absolute Gasteiger partial charge is 0.619 e. The van der Waals surface area contributed by atoms with Gasteiger partial charge in [0.05, 0.1) is 11.9 Å². The van der Waals surface area contributed by atoms with E-state index in [2.05, 4.69) is 15.3 Å². The van der Waals surface area contributed by atoms with E-state index in [1.54, 1.807) is 0 Å². The maximum atomic E-state index is 11.7. The molecule has 2 N–H and O–H groups in total. The van der Waals surface area contributed by atoms with E-state index in [1.165, 1.54) is 30.9 Å². The van der Waals surface area contributed by atoms with Crippen LogP contribution in [-0.4, -0.2) is 15.9 Å². The summed E-state index contributed by atoms with van der Waals surface area (Å²) in [4.78, 5) is 18.1. The normalized spacial score (nSPS) is 9.59. The average Bonchev–Trinajstić information content (AvgIpc) is 2.77. The van der Waals surface area contributed by atoms with Crippen molar-refractivity contribution in [3.05, 3.63) is 47.3 Å². The molecule has 0 aliphatic rings. The highest BCUT2D eigenvalue weighted by atomic mass is 16.5. The first-order chi connectivity index (χ1) is 8.20. The Labute approximate surface area is 95.9 Å². The van der Waals surface area contributed by atoms with Crippen LogP contribution in [0.25, 0.3) is 0 Å². The number of carbonyl (C=O) groups excluding carboxylic acids is 1. The Kier molecular flexibility index (Phi) is 2.70. The topological polar surface area (TPSA) is 109 Å². The molecular formula is C10H7N5O2. The Hall–Kier alpha value is -2.88. The highest BCUT2D eigenvalue weighted by Gasteiger charge is 2.11. The van der Waals surface area contributed by atoms with Gasteiger partial charge in [-0.3, -0.25) is 4.79 Å². The van der Waals surface area contributed by atoms with Gasteiger partial charge in [0.15, 0.2) is 23.9 Å². The first-order valence-corrected chi connectivity index (χ1v) is 4.64. The molecule has 0 aliphatic carbocycles. The van der Waals surface area contributed by atoms with Crippen LogP contribution in [0.4, 0.5) is 5.82 Å². The number of anilines is 1. The number of hydrogen-bond acceptors (Lipinski definition) is 4. The van der Waals surface area contributed by atoms with Crippen molar-refractivity contribution in [1.29, 1.82) is 5.26 Å². The summed E-state index contributed by atoms with van der Waals surface area (Å²) in [7, 11) is 0. The number of H-pyrrole nitrogens is 1. The van der Waals surface area contributed by atoms with Crippen LogP contribution in [0.2, 0.25) is 0 Å². The number of pyridine rings is 1. The Morgan fingerprint density at radius 2 is 2.24 bits per heavy atom. The Balaban J connectivity index is 2.18. The van der Waals surface area contributed by atoms with Crippen molar-refractivity contribution < 1.29 is 9.52 Å². The monoisotopic (exact) mass is 229 g/mol. The maximum absolute atomic E-state index is 11.7. The van der Waals surface area contributed by atoms with Gasteiger partial charge < -0.3 is 15.5 Å². The van der Waals surface area contributed by atoms with Gasteiger partial charge in [-0.05, 0) is 0 Å². The van der Waals surface area contributed by atoms with Gasteiger partial charge in [-0.2, -0.15) is 9.99 Å². The minimum absolute atomic E-state index is 0.163. The molecule has 0 aromatic carbocycles. The van der Waals surface area contributed by atoms with Crippen LogP contribution in [0.3, 0.4) is 0 Å². The van der Waals surface area contributed by atoms with Gasteiger partial charge in [0.25, 0.3) is 5.91 Å². The second-order valence-electron chi connectivity index (χ2n) is 3.14. The zero-order valence-electron chi connectivity index (χ0n) is 8.54. The second-order valence-corrected chi connectivity index (χ2v) is 3.14. The van der Waals surface area contributed by atoms with Gasteiger partial charge >= 0.3 is 0 Å². The molecule has 1 amide bonds. The first-order valence-electron chi connectivity index (χ1n) is 4.64. The van der Waals surface area contributed by atoms with Crippen molar-refractivity contribution in [2.24, 2.45) is 0 Å². The van der Waals surface area contributed by atoms with E-state index in [0.717, 1.165) is 0 Å². The molecule has 0 spiro atoms. The molecule has 17 heavy (non-hydrogen) atoms. The summed E-state index contributed by atoms with van der Waals surface area (Å²) in [6, 6.07) is 4.61. The number of carbonyl (C=O) groups is 1. The van der Waals surface area contributed by atoms with Crippen molar-refractivity contribution in [2.75, 3.05) is 5.32 Å². The lowest BCUT2D eigenvalue weighted by Gasteiger charge is -2.02. The lowest BCUT2D eigenvalue weighted by molar-refractivity contribution is -0.605. The fourth-order valence-electron chi connectivity index (χ4n) is 1.22. The van der Waals surface area contributed by atoms with Gasteiger partial charge in [0.2, 0.25) is 0 Å². The van der Waals surface area contributed by atoms with Crippen molar-refractivity contribution >= 4 is 11.7 Å². The zero-order valence-corrected chi connectivity index (χ0v) is 8.54. The molecule has 0 bridgehead atoms. The third-order valence-corrected chi connectivity index (χ3v) is 2.05. The summed E-state index contributed by atoms with van der Waals surface area (Å²) in [5.41, 5.74) is 0.483. The van der Waals surface area contributed by atoms with Crippen LogP contribution in [0.15, 0.2) is 30.9 Å². The molecule has 2 rings (SSSR count). The first kappa shape index (κ1) is 10.6. The Morgan fingerprint density at radius 3 is 2.88 bits per heavy atom. The summed E-state index contributed by atoms with van der Waals surface area (Å²) in [6.45, 7) is 0. The van der Waals surface area contributed by atoms with Crippen LogP contribution in [0.5, 0.6) is 0 Å². The van der Waals surface area contributed by atoms with E-state index in [9.17, 15) is 10.0 Å². The quantitative estimate of drug-likeness (QED) is 0.565. The van der Waals surface area contributed by atoms with Gasteiger partial charge in [-0.15, -0.1) is 0 Å².